The van der Waals surface area contributed by atoms with Gasteiger partial charge in [0.15, 0.2) is 0 Å². The molecule has 1 saturated heterocycles. The molecule has 2 heterocycles. The number of halogens is 1. The summed E-state index contributed by atoms with van der Waals surface area (Å²) in [6, 6.07) is 3.76. The number of allylic oxidation sites excluding steroid dienone is 3. The normalized spacial score (nSPS) is 31.1. The summed E-state index contributed by atoms with van der Waals surface area (Å²) in [6.07, 6.45) is 7.23. The maximum atomic E-state index is 13.1. The number of ether oxygens (including phenoxy) is 2. The topological polar surface area (TPSA) is 88.1 Å². The zero-order valence-electron chi connectivity index (χ0n) is 21.2. The Morgan fingerprint density at radius 3 is 2.71 bits per heavy atom. The number of rotatable bonds is 1. The zero-order valence-corrected chi connectivity index (χ0v) is 22.0. The van der Waals surface area contributed by atoms with E-state index >= 15 is 0 Å². The van der Waals surface area contributed by atoms with Crippen LogP contribution in [0.25, 0.3) is 0 Å². The van der Waals surface area contributed by atoms with Crippen LogP contribution in [0.2, 0.25) is 5.02 Å². The van der Waals surface area contributed by atoms with Crippen LogP contribution in [0.3, 0.4) is 0 Å². The molecule has 2 amide bonds. The number of nitrogens with one attached hydrogen (secondary N) is 1. The third-order valence-corrected chi connectivity index (χ3v) is 7.45. The second-order valence-electron chi connectivity index (χ2n) is 9.82. The van der Waals surface area contributed by atoms with Crippen molar-refractivity contribution in [2.45, 2.75) is 71.1 Å². The average molecular weight is 505 g/mol. The van der Waals surface area contributed by atoms with Crippen LogP contribution in [0.1, 0.15) is 52.0 Å². The number of nitrogens with zero attached hydrogens (tertiary/aromatic N) is 1. The lowest BCUT2D eigenvalue weighted by atomic mass is 9.84. The molecule has 0 spiro atoms. The molecule has 0 aliphatic carbocycles. The third kappa shape index (κ3) is 6.79. The Morgan fingerprint density at radius 2 is 2.00 bits per heavy atom. The monoisotopic (exact) mass is 504 g/mol. The highest BCUT2D eigenvalue weighted by Gasteiger charge is 2.36. The Morgan fingerprint density at radius 1 is 1.26 bits per heavy atom. The van der Waals surface area contributed by atoms with Crippen LogP contribution >= 0.6 is 11.6 Å². The lowest BCUT2D eigenvalue weighted by Gasteiger charge is -2.36. The van der Waals surface area contributed by atoms with Crippen LogP contribution in [-0.4, -0.2) is 49.5 Å². The van der Waals surface area contributed by atoms with Crippen LogP contribution in [0, 0.1) is 11.8 Å². The molecule has 4 bridgehead atoms. The fraction of sp³-hybridized carbons (Fsp3) is 0.556. The van der Waals surface area contributed by atoms with Crippen LogP contribution in [0.5, 0.6) is 5.75 Å². The van der Waals surface area contributed by atoms with Gasteiger partial charge >= 0.3 is 6.09 Å². The maximum absolute atomic E-state index is 13.1. The van der Waals surface area contributed by atoms with Gasteiger partial charge in [0.1, 0.15) is 16.9 Å². The number of fused-ring (bicyclic) bond motifs is 4. The molecule has 1 unspecified atom stereocenters. The van der Waals surface area contributed by atoms with Crippen molar-refractivity contribution in [1.82, 2.24) is 5.32 Å². The van der Waals surface area contributed by atoms with Gasteiger partial charge in [-0.05, 0) is 49.8 Å². The van der Waals surface area contributed by atoms with Crippen molar-refractivity contribution >= 4 is 29.3 Å². The van der Waals surface area contributed by atoms with Gasteiger partial charge in [-0.25, -0.2) is 4.79 Å². The highest BCUT2D eigenvalue weighted by molar-refractivity contribution is 6.35. The van der Waals surface area contributed by atoms with E-state index in [0.717, 1.165) is 11.1 Å². The molecule has 192 valence electrons. The van der Waals surface area contributed by atoms with Crippen molar-refractivity contribution in [3.8, 4) is 5.75 Å². The number of carbonyl (C=O) groups excluding carboxylic acids is 2. The van der Waals surface area contributed by atoms with Gasteiger partial charge in [-0.3, -0.25) is 4.79 Å². The zero-order chi connectivity index (χ0) is 25.7. The van der Waals surface area contributed by atoms with Gasteiger partial charge in [0.05, 0.1) is 18.9 Å². The van der Waals surface area contributed by atoms with E-state index in [1.807, 2.05) is 51.1 Å². The van der Waals surface area contributed by atoms with E-state index in [2.05, 4.69) is 5.32 Å². The van der Waals surface area contributed by atoms with Crippen molar-refractivity contribution in [1.29, 1.82) is 0 Å². The van der Waals surface area contributed by atoms with Gasteiger partial charge in [-0.2, -0.15) is 0 Å². The summed E-state index contributed by atoms with van der Waals surface area (Å²) in [5.74, 6) is 0.0162. The Labute approximate surface area is 213 Å². The smallest absolute Gasteiger partial charge is 0.407 e. The maximum Gasteiger partial charge on any atom is 0.407 e. The minimum atomic E-state index is -0.708. The van der Waals surface area contributed by atoms with Crippen molar-refractivity contribution in [3.63, 3.8) is 0 Å². The largest absolute Gasteiger partial charge is 0.495 e. The molecule has 7 nitrogen and oxygen atoms in total. The number of amides is 2. The van der Waals surface area contributed by atoms with Crippen LogP contribution in [0.15, 0.2) is 35.9 Å². The number of hydrogen-bond donors (Lipinski definition) is 2. The minimum Gasteiger partial charge on any atom is -0.495 e. The Kier molecular flexibility index (Phi) is 9.25. The lowest BCUT2D eigenvalue weighted by molar-refractivity contribution is -0.118. The molecule has 1 fully saturated rings. The highest BCUT2D eigenvalue weighted by atomic mass is 35.5. The summed E-state index contributed by atoms with van der Waals surface area (Å²) in [4.78, 5) is 26.8. The van der Waals surface area contributed by atoms with Crippen molar-refractivity contribution in [3.05, 3.63) is 46.5 Å². The Hall–Kier alpha value is -2.51. The molecule has 1 aromatic rings. The first-order valence-corrected chi connectivity index (χ1v) is 12.6. The van der Waals surface area contributed by atoms with E-state index in [9.17, 15) is 14.7 Å². The average Bonchev–Trinajstić information content (AvgIpc) is 2.83. The lowest BCUT2D eigenvalue weighted by Crippen LogP contribution is -2.49. The van der Waals surface area contributed by atoms with E-state index in [0.29, 0.717) is 42.1 Å². The predicted octanol–water partition coefficient (Wildman–Crippen LogP) is 5.04. The van der Waals surface area contributed by atoms with E-state index in [1.54, 1.807) is 19.1 Å². The van der Waals surface area contributed by atoms with E-state index in [4.69, 9.17) is 21.1 Å². The number of aliphatic hydroxyl groups excluding tert-OH is 1. The fourth-order valence-corrected chi connectivity index (χ4v) is 5.07. The molecule has 0 radical (unpaired) electrons. The second-order valence-corrected chi connectivity index (χ2v) is 10.2. The molecule has 35 heavy (non-hydrogen) atoms. The number of benzene rings is 1. The molecular weight excluding hydrogens is 468 g/mol. The second kappa shape index (κ2) is 12.0. The fourth-order valence-electron chi connectivity index (χ4n) is 4.75. The van der Waals surface area contributed by atoms with Crippen LogP contribution < -0.4 is 15.0 Å². The quantitative estimate of drug-likeness (QED) is 0.559. The molecule has 2 aliphatic heterocycles. The van der Waals surface area contributed by atoms with E-state index in [1.165, 1.54) is 0 Å². The Balaban J connectivity index is 1.93. The number of methoxy groups -OCH3 is 1. The summed E-state index contributed by atoms with van der Waals surface area (Å²) < 4.78 is 11.0. The van der Waals surface area contributed by atoms with Crippen molar-refractivity contribution < 1.29 is 24.2 Å². The van der Waals surface area contributed by atoms with E-state index in [-0.39, 0.29) is 36.3 Å². The van der Waals surface area contributed by atoms with Gasteiger partial charge in [0, 0.05) is 31.8 Å². The first kappa shape index (κ1) is 27.1. The van der Waals surface area contributed by atoms with Gasteiger partial charge in [-0.15, -0.1) is 0 Å². The first-order valence-electron chi connectivity index (χ1n) is 12.2. The van der Waals surface area contributed by atoms with Gasteiger partial charge < -0.3 is 24.8 Å². The summed E-state index contributed by atoms with van der Waals surface area (Å²) in [5, 5.41) is 14.3. The molecule has 1 aromatic carbocycles. The number of alkyl carbamates (subject to hydrolysis) is 1. The first-order chi connectivity index (χ1) is 16.6. The van der Waals surface area contributed by atoms with Crippen LogP contribution in [-0.2, 0) is 16.0 Å². The SMILES string of the molecule is COc1cc2cc(c1Cl)N(C)C(=O)CC[C@@H](C)[C@@H](O)[C@H](C)[C@@H]1CC(C/C=C/C=C(\C)C2)NC(=O)O1. The van der Waals surface area contributed by atoms with Crippen molar-refractivity contribution in [2.75, 3.05) is 19.1 Å². The number of carbonyl (C=O) groups is 2. The molecular formula is C27H37ClN2O5. The predicted molar refractivity (Wildman–Crippen MR) is 138 cm³/mol. The van der Waals surface area contributed by atoms with Gasteiger partial charge in [0.2, 0.25) is 5.91 Å². The molecule has 5 atom stereocenters. The van der Waals surface area contributed by atoms with Gasteiger partial charge in [-0.1, -0.05) is 49.2 Å². The third-order valence-electron chi connectivity index (χ3n) is 7.07. The summed E-state index contributed by atoms with van der Waals surface area (Å²) in [7, 11) is 3.27. The minimum absolute atomic E-state index is 0.0587. The van der Waals surface area contributed by atoms with Crippen LogP contribution in [0.4, 0.5) is 10.5 Å². The molecule has 8 heteroatoms. The number of anilines is 1. The molecule has 0 aromatic heterocycles. The Bertz CT molecular complexity index is 992. The number of hydrogen-bond acceptors (Lipinski definition) is 5. The standard InChI is InChI=1S/C27H37ClN2O5/c1-16-8-6-7-9-20-15-22(35-27(33)29-20)18(3)26(32)17(2)10-11-24(31)30(4)21-13-19(12-16)14-23(34-5)25(21)28/h6-8,13-14,17-18,20,22,26,32H,9-12,15H2,1-5H3,(H,29,33)/b7-6+,16-8+/t17-,18-,20?,22+,26-/m1/s1. The van der Waals surface area contributed by atoms with Gasteiger partial charge in [0.25, 0.3) is 0 Å². The summed E-state index contributed by atoms with van der Waals surface area (Å²) in [6.45, 7) is 5.86. The molecule has 2 N–H and O–H groups in total. The summed E-state index contributed by atoms with van der Waals surface area (Å²) in [5.41, 5.74) is 2.71. The summed E-state index contributed by atoms with van der Waals surface area (Å²) >= 11 is 6.57. The number of aliphatic hydroxyl groups is 1. The van der Waals surface area contributed by atoms with Crippen molar-refractivity contribution in [2.24, 2.45) is 11.8 Å². The highest BCUT2D eigenvalue weighted by Crippen LogP contribution is 2.37. The molecule has 2 aliphatic rings. The molecule has 3 rings (SSSR count). The van der Waals surface area contributed by atoms with E-state index < -0.39 is 12.2 Å². The molecule has 0 saturated carbocycles.